The third kappa shape index (κ3) is 11.3. The van der Waals surface area contributed by atoms with Crippen molar-refractivity contribution >= 4 is 28.9 Å². The smallest absolute Gasteiger partial charge is 0.408 e. The van der Waals surface area contributed by atoms with Crippen LogP contribution in [0.1, 0.15) is 77.4 Å². The Balaban J connectivity index is 0.822. The van der Waals surface area contributed by atoms with Gasteiger partial charge in [-0.25, -0.2) is 9.59 Å². The number of nitrogens with one attached hydrogen (secondary N) is 4. The number of hydrogen-bond acceptors (Lipinski definition) is 11. The number of piperidine rings is 3. The second-order valence-corrected chi connectivity index (χ2v) is 15.7. The van der Waals surface area contributed by atoms with Gasteiger partial charge < -0.3 is 45.4 Å². The molecule has 14 nitrogen and oxygen atoms in total. The topological polar surface area (TPSA) is 192 Å². The van der Waals surface area contributed by atoms with Gasteiger partial charge in [-0.05, 0) is 117 Å². The van der Waals surface area contributed by atoms with E-state index in [4.69, 9.17) is 14.2 Å². The summed E-state index contributed by atoms with van der Waals surface area (Å²) in [5, 5.41) is 30.3. The molecule has 3 fully saturated rings. The Morgan fingerprint density at radius 2 is 1.66 bits per heavy atom. The number of unbranched alkanes of at least 4 members (excludes halogenated alkanes) is 1. The minimum Gasteiger partial charge on any atom is -0.506 e. The Hall–Kier alpha value is -6.22. The number of amides is 2. The molecular formula is C47H53N5O9. The molecule has 8 rings (SSSR count). The van der Waals surface area contributed by atoms with Crippen LogP contribution in [0.5, 0.6) is 11.5 Å². The molecule has 3 aliphatic heterocycles. The van der Waals surface area contributed by atoms with Gasteiger partial charge in [0, 0.05) is 30.1 Å². The van der Waals surface area contributed by atoms with Gasteiger partial charge in [0.05, 0.1) is 24.3 Å². The normalized spacial score (nSPS) is 18.4. The summed E-state index contributed by atoms with van der Waals surface area (Å²) in [4.78, 5) is 55.4. The van der Waals surface area contributed by atoms with Gasteiger partial charge in [-0.3, -0.25) is 14.5 Å². The van der Waals surface area contributed by atoms with E-state index in [2.05, 4.69) is 25.8 Å². The van der Waals surface area contributed by atoms with Crippen molar-refractivity contribution in [1.29, 1.82) is 0 Å². The highest BCUT2D eigenvalue weighted by atomic mass is 16.6. The first-order chi connectivity index (χ1) is 29.6. The number of aromatic hydroxyl groups is 1. The Kier molecular flexibility index (Phi) is 14.3. The number of aromatic nitrogens is 1. The van der Waals surface area contributed by atoms with Crippen molar-refractivity contribution in [2.45, 2.75) is 63.5 Å². The molecule has 0 spiro atoms. The lowest BCUT2D eigenvalue weighted by atomic mass is 9.86. The number of H-pyrrole nitrogens is 1. The molecule has 61 heavy (non-hydrogen) atoms. The van der Waals surface area contributed by atoms with Crippen molar-refractivity contribution in [2.24, 2.45) is 5.92 Å². The summed E-state index contributed by atoms with van der Waals surface area (Å²) in [5.74, 6) is 0.00170. The number of aliphatic hydroxyl groups is 1. The molecule has 4 atom stereocenters. The number of phenols is 1. The monoisotopic (exact) mass is 831 g/mol. The van der Waals surface area contributed by atoms with Crippen LogP contribution in [0.3, 0.4) is 0 Å². The molecule has 5 aromatic rings. The predicted molar refractivity (Wildman–Crippen MR) is 229 cm³/mol. The number of alkyl carbamates (subject to hydrolysis) is 1. The van der Waals surface area contributed by atoms with E-state index in [-0.39, 0.29) is 42.7 Å². The van der Waals surface area contributed by atoms with Crippen LogP contribution < -0.4 is 26.2 Å². The van der Waals surface area contributed by atoms with Crippen molar-refractivity contribution in [3.05, 3.63) is 141 Å². The number of ether oxygens (including phenoxy) is 3. The molecule has 4 heterocycles. The van der Waals surface area contributed by atoms with Gasteiger partial charge in [0.1, 0.15) is 30.3 Å². The van der Waals surface area contributed by atoms with Crippen molar-refractivity contribution in [3.63, 3.8) is 0 Å². The maximum absolute atomic E-state index is 13.2. The summed E-state index contributed by atoms with van der Waals surface area (Å²) in [6.45, 7) is 5.71. The van der Waals surface area contributed by atoms with E-state index in [1.165, 1.54) is 12.1 Å². The third-order valence-electron chi connectivity index (χ3n) is 11.4. The fourth-order valence-corrected chi connectivity index (χ4v) is 7.93. The van der Waals surface area contributed by atoms with Gasteiger partial charge in [0.25, 0.3) is 5.91 Å². The fraction of sp³-hybridized carbons (Fsp3) is 0.362. The predicted octanol–water partition coefficient (Wildman–Crippen LogP) is 5.49. The number of phenolic OH excluding ortho intramolecular Hbond substituents is 1. The van der Waals surface area contributed by atoms with Gasteiger partial charge in [-0.15, -0.1) is 0 Å². The number of nitrogens with zero attached hydrogens (tertiary/aromatic N) is 1. The first-order valence-corrected chi connectivity index (χ1v) is 20.9. The van der Waals surface area contributed by atoms with Crippen LogP contribution in [-0.4, -0.2) is 89.5 Å². The first-order valence-electron chi connectivity index (χ1n) is 20.9. The Labute approximate surface area is 354 Å². The highest BCUT2D eigenvalue weighted by molar-refractivity contribution is 5.96. The van der Waals surface area contributed by atoms with Crippen LogP contribution in [0.25, 0.3) is 10.9 Å². The minimum atomic E-state index is -0.870. The van der Waals surface area contributed by atoms with Crippen molar-refractivity contribution < 1.29 is 38.8 Å². The number of rotatable bonds is 18. The van der Waals surface area contributed by atoms with Crippen LogP contribution in [0.15, 0.2) is 108 Å². The maximum atomic E-state index is 13.2. The molecule has 3 saturated heterocycles. The minimum absolute atomic E-state index is 0.0702. The zero-order chi connectivity index (χ0) is 42.7. The van der Waals surface area contributed by atoms with Crippen LogP contribution >= 0.6 is 0 Å². The molecule has 3 aliphatic rings. The standard InChI is InChI=1S/C47H53N5O9/c1-30(46(57)59-25-6-5-22-48-27-40(54)37-16-18-39(53)44-38(37)17-19-42(55)50-44)49-45(56)34-14-12-31(13-15-34)29-60-36-11-7-10-35(26-36)43(33-8-3-2-4-9-33)51-47(58)61-41-28-52-23-20-32(41)21-24-52/h2-4,7-19,26,30,32,40-41,43,48,53-54H,5-6,20-25,27-29H2,1H3,(H,49,56)(H,50,55)(H,51,58)/t30-,40-,41-,43-/m0/s1. The van der Waals surface area contributed by atoms with E-state index in [0.717, 1.165) is 49.2 Å². The summed E-state index contributed by atoms with van der Waals surface area (Å²) >= 11 is 0. The SMILES string of the molecule is C[C@H](NC(=O)c1ccc(COc2cccc([C@@H](NC(=O)O[C@H]3CN4CCC3CC4)c3ccccc3)c2)cc1)C(=O)OCCCCNC[C@H](O)c1ccc(O)c2[nH]c(=O)ccc12. The van der Waals surface area contributed by atoms with E-state index in [0.29, 0.717) is 47.6 Å². The third-order valence-corrected chi connectivity index (χ3v) is 11.4. The molecule has 2 bridgehead atoms. The average molecular weight is 832 g/mol. The lowest BCUT2D eigenvalue weighted by Gasteiger charge is -2.43. The summed E-state index contributed by atoms with van der Waals surface area (Å²) in [5.41, 5.74) is 3.49. The van der Waals surface area contributed by atoms with Crippen LogP contribution in [0.2, 0.25) is 0 Å². The second-order valence-electron chi connectivity index (χ2n) is 15.7. The molecule has 0 unspecified atom stereocenters. The molecule has 6 N–H and O–H groups in total. The Morgan fingerprint density at radius 3 is 2.41 bits per heavy atom. The number of carbonyl (C=O) groups is 3. The number of benzene rings is 4. The number of aliphatic hydroxyl groups excluding tert-OH is 1. The molecule has 320 valence electrons. The van der Waals surface area contributed by atoms with Crippen LogP contribution in [-0.2, 0) is 20.9 Å². The maximum Gasteiger partial charge on any atom is 0.408 e. The Morgan fingerprint density at radius 1 is 0.885 bits per heavy atom. The number of aromatic amines is 1. The van der Waals surface area contributed by atoms with E-state index in [9.17, 15) is 29.4 Å². The molecule has 1 aromatic heterocycles. The van der Waals surface area contributed by atoms with Gasteiger partial charge in [-0.1, -0.05) is 60.7 Å². The summed E-state index contributed by atoms with van der Waals surface area (Å²) in [7, 11) is 0. The molecule has 4 aromatic carbocycles. The molecular weight excluding hydrogens is 779 g/mol. The fourth-order valence-electron chi connectivity index (χ4n) is 7.93. The highest BCUT2D eigenvalue weighted by Crippen LogP contribution is 2.31. The van der Waals surface area contributed by atoms with Crippen LogP contribution in [0, 0.1) is 5.92 Å². The number of esters is 1. The van der Waals surface area contributed by atoms with Gasteiger partial charge >= 0.3 is 12.1 Å². The molecule has 0 saturated carbocycles. The first kappa shape index (κ1) is 42.9. The number of hydrogen-bond donors (Lipinski definition) is 6. The molecule has 2 amide bonds. The number of fused-ring (bicyclic) bond motifs is 4. The number of carbonyl (C=O) groups excluding carboxylic acids is 3. The molecule has 0 aliphatic carbocycles. The van der Waals surface area contributed by atoms with E-state index in [1.807, 2.05) is 54.6 Å². The van der Waals surface area contributed by atoms with Gasteiger partial charge in [-0.2, -0.15) is 0 Å². The largest absolute Gasteiger partial charge is 0.506 e. The van der Waals surface area contributed by atoms with E-state index >= 15 is 0 Å². The lowest BCUT2D eigenvalue weighted by molar-refractivity contribution is -0.145. The average Bonchev–Trinajstić information content (AvgIpc) is 3.28. The van der Waals surface area contributed by atoms with Gasteiger partial charge in [0.2, 0.25) is 5.56 Å². The Bertz CT molecular complexity index is 2330. The van der Waals surface area contributed by atoms with E-state index < -0.39 is 36.2 Å². The molecule has 0 radical (unpaired) electrons. The van der Waals surface area contributed by atoms with Crippen molar-refractivity contribution in [1.82, 2.24) is 25.8 Å². The van der Waals surface area contributed by atoms with Gasteiger partial charge in [0.15, 0.2) is 0 Å². The van der Waals surface area contributed by atoms with Crippen molar-refractivity contribution in [3.8, 4) is 11.5 Å². The van der Waals surface area contributed by atoms with Crippen LogP contribution in [0.4, 0.5) is 4.79 Å². The summed E-state index contributed by atoms with van der Waals surface area (Å²) in [6.07, 6.45) is 1.95. The van der Waals surface area contributed by atoms with Crippen molar-refractivity contribution in [2.75, 3.05) is 39.3 Å². The summed E-state index contributed by atoms with van der Waals surface area (Å²) in [6, 6.07) is 29.0. The lowest BCUT2D eigenvalue weighted by Crippen LogP contribution is -2.52. The second kappa shape index (κ2) is 20.4. The highest BCUT2D eigenvalue weighted by Gasteiger charge is 2.37. The quantitative estimate of drug-likeness (QED) is 0.0484. The van der Waals surface area contributed by atoms with E-state index in [1.54, 1.807) is 43.3 Å². The molecule has 14 heteroatoms. The summed E-state index contributed by atoms with van der Waals surface area (Å²) < 4.78 is 17.5. The zero-order valence-corrected chi connectivity index (χ0v) is 34.2. The number of pyridine rings is 1. The zero-order valence-electron chi connectivity index (χ0n) is 34.2.